The number of hydrogen-bond donors (Lipinski definition) is 1. The number of thiazole rings is 1. The van der Waals surface area contributed by atoms with Gasteiger partial charge < -0.3 is 5.32 Å². The molecule has 2 heterocycles. The Morgan fingerprint density at radius 1 is 1.55 bits per heavy atom. The number of carbonyl (C=O) groups excluding carboxylic acids is 1. The lowest BCUT2D eigenvalue weighted by molar-refractivity contribution is -0.124. The fourth-order valence-electron chi connectivity index (χ4n) is 2.10. The van der Waals surface area contributed by atoms with Crippen LogP contribution in [0.4, 0.5) is 0 Å². The van der Waals surface area contributed by atoms with Gasteiger partial charge in [-0.3, -0.25) is 9.48 Å². The second kappa shape index (κ2) is 7.19. The van der Waals surface area contributed by atoms with Crippen molar-refractivity contribution in [3.05, 3.63) is 34.5 Å². The van der Waals surface area contributed by atoms with Crippen LogP contribution in [0.15, 0.2) is 24.0 Å². The van der Waals surface area contributed by atoms with Crippen LogP contribution in [0.1, 0.15) is 36.4 Å². The van der Waals surface area contributed by atoms with Crippen LogP contribution >= 0.6 is 11.3 Å². The van der Waals surface area contributed by atoms with Crippen LogP contribution < -0.4 is 5.32 Å². The van der Waals surface area contributed by atoms with Gasteiger partial charge in [0, 0.05) is 23.8 Å². The van der Waals surface area contributed by atoms with Gasteiger partial charge in [0.2, 0.25) is 5.91 Å². The largest absolute Gasteiger partial charge is 0.354 e. The van der Waals surface area contributed by atoms with Crippen LogP contribution in [-0.4, -0.2) is 27.2 Å². The molecule has 2 rings (SSSR count). The first-order valence-corrected chi connectivity index (χ1v) is 7.76. The van der Waals surface area contributed by atoms with E-state index in [0.29, 0.717) is 6.54 Å². The predicted octanol–water partition coefficient (Wildman–Crippen LogP) is 2.35. The second-order valence-electron chi connectivity index (χ2n) is 4.67. The number of aryl methyl sites for hydroxylation is 2. The minimum absolute atomic E-state index is 0.0391. The summed E-state index contributed by atoms with van der Waals surface area (Å²) in [5.41, 5.74) is 2.97. The molecule has 0 saturated heterocycles. The fraction of sp³-hybridized carbons (Fsp3) is 0.500. The molecule has 20 heavy (non-hydrogen) atoms. The van der Waals surface area contributed by atoms with Gasteiger partial charge in [0.1, 0.15) is 6.04 Å². The van der Waals surface area contributed by atoms with Gasteiger partial charge in [0.15, 0.2) is 0 Å². The Morgan fingerprint density at radius 3 is 3.00 bits per heavy atom. The Morgan fingerprint density at radius 2 is 2.40 bits per heavy atom. The number of hydrogen-bond acceptors (Lipinski definition) is 4. The van der Waals surface area contributed by atoms with Crippen molar-refractivity contribution in [3.63, 3.8) is 0 Å². The molecule has 0 spiro atoms. The summed E-state index contributed by atoms with van der Waals surface area (Å²) in [6.07, 6.45) is 6.16. The number of aromatic nitrogens is 3. The van der Waals surface area contributed by atoms with E-state index in [-0.39, 0.29) is 11.9 Å². The van der Waals surface area contributed by atoms with Crippen LogP contribution in [0, 0.1) is 6.92 Å². The molecule has 1 unspecified atom stereocenters. The molecule has 1 amide bonds. The number of carbonyl (C=O) groups is 1. The van der Waals surface area contributed by atoms with Gasteiger partial charge in [-0.05, 0) is 32.3 Å². The molecular weight excluding hydrogens is 272 g/mol. The summed E-state index contributed by atoms with van der Waals surface area (Å²) in [5.74, 6) is 0.0391. The summed E-state index contributed by atoms with van der Waals surface area (Å²) < 4.78 is 1.71. The van der Waals surface area contributed by atoms with Gasteiger partial charge in [0.25, 0.3) is 0 Å². The quantitative estimate of drug-likeness (QED) is 0.797. The highest BCUT2D eigenvalue weighted by Gasteiger charge is 2.17. The molecule has 108 valence electrons. The molecular formula is C14H20N4OS. The summed E-state index contributed by atoms with van der Waals surface area (Å²) in [6, 6.07) is 1.62. The maximum absolute atomic E-state index is 12.1. The first-order chi connectivity index (χ1) is 9.72. The monoisotopic (exact) mass is 292 g/mol. The van der Waals surface area contributed by atoms with Gasteiger partial charge >= 0.3 is 0 Å². The minimum Gasteiger partial charge on any atom is -0.354 e. The Hall–Kier alpha value is -1.69. The van der Waals surface area contributed by atoms with E-state index in [1.54, 1.807) is 22.2 Å². The molecule has 0 aliphatic heterocycles. The van der Waals surface area contributed by atoms with E-state index in [9.17, 15) is 4.79 Å². The van der Waals surface area contributed by atoms with Crippen LogP contribution in [-0.2, 0) is 11.2 Å². The highest BCUT2D eigenvalue weighted by molar-refractivity contribution is 7.09. The maximum atomic E-state index is 12.1. The number of rotatable bonds is 7. The van der Waals surface area contributed by atoms with E-state index in [1.807, 2.05) is 31.6 Å². The van der Waals surface area contributed by atoms with Crippen molar-refractivity contribution >= 4 is 17.2 Å². The van der Waals surface area contributed by atoms with Gasteiger partial charge in [0.05, 0.1) is 11.2 Å². The maximum Gasteiger partial charge on any atom is 0.244 e. The van der Waals surface area contributed by atoms with E-state index in [2.05, 4.69) is 15.4 Å². The van der Waals surface area contributed by atoms with Crippen molar-refractivity contribution in [1.82, 2.24) is 20.1 Å². The van der Waals surface area contributed by atoms with Crippen molar-refractivity contribution in [3.8, 4) is 0 Å². The predicted molar refractivity (Wildman–Crippen MR) is 79.7 cm³/mol. The third-order valence-electron chi connectivity index (χ3n) is 3.26. The molecule has 0 aliphatic carbocycles. The molecule has 0 radical (unpaired) electrons. The Bertz CT molecular complexity index is 535. The van der Waals surface area contributed by atoms with E-state index < -0.39 is 0 Å². The van der Waals surface area contributed by atoms with E-state index >= 15 is 0 Å². The van der Waals surface area contributed by atoms with Crippen LogP contribution in [0.3, 0.4) is 0 Å². The molecule has 1 atom stereocenters. The standard InChI is InChI=1S/C14H20N4OS/c1-3-12(18-9-5-8-17-18)14(19)15-7-4-6-13-11(2)16-10-20-13/h5,8-10,12H,3-4,6-7H2,1-2H3,(H,15,19). The van der Waals surface area contributed by atoms with Crippen molar-refractivity contribution in [1.29, 1.82) is 0 Å². The SMILES string of the molecule is CCC(C(=O)NCCCc1scnc1C)n1cccn1. The van der Waals surface area contributed by atoms with Crippen LogP contribution in [0.2, 0.25) is 0 Å². The summed E-state index contributed by atoms with van der Waals surface area (Å²) in [6.45, 7) is 4.70. The molecule has 0 aromatic carbocycles. The summed E-state index contributed by atoms with van der Waals surface area (Å²) >= 11 is 1.68. The molecule has 2 aromatic rings. The molecule has 2 aromatic heterocycles. The van der Waals surface area contributed by atoms with Gasteiger partial charge in [-0.25, -0.2) is 4.98 Å². The third kappa shape index (κ3) is 3.66. The Labute approximate surface area is 123 Å². The third-order valence-corrected chi connectivity index (χ3v) is 4.25. The Kier molecular flexibility index (Phi) is 5.29. The van der Waals surface area contributed by atoms with Gasteiger partial charge in [-0.15, -0.1) is 11.3 Å². The number of nitrogens with one attached hydrogen (secondary N) is 1. The van der Waals surface area contributed by atoms with E-state index in [1.165, 1.54) is 4.88 Å². The first kappa shape index (κ1) is 14.7. The fourth-order valence-corrected chi connectivity index (χ4v) is 2.93. The number of nitrogens with zero attached hydrogens (tertiary/aromatic N) is 3. The molecule has 0 bridgehead atoms. The van der Waals surface area contributed by atoms with Crippen molar-refractivity contribution in [2.45, 2.75) is 39.2 Å². The highest BCUT2D eigenvalue weighted by Crippen LogP contribution is 2.14. The van der Waals surface area contributed by atoms with Crippen LogP contribution in [0.25, 0.3) is 0 Å². The molecule has 0 aliphatic rings. The normalized spacial score (nSPS) is 12.3. The average Bonchev–Trinajstić information content (AvgIpc) is 3.08. The molecule has 1 N–H and O–H groups in total. The van der Waals surface area contributed by atoms with Gasteiger partial charge in [-0.2, -0.15) is 5.10 Å². The lowest BCUT2D eigenvalue weighted by atomic mass is 10.2. The number of amides is 1. The van der Waals surface area contributed by atoms with Crippen molar-refractivity contribution in [2.75, 3.05) is 6.54 Å². The van der Waals surface area contributed by atoms with Crippen LogP contribution in [0.5, 0.6) is 0 Å². The molecule has 6 heteroatoms. The van der Waals surface area contributed by atoms with E-state index in [0.717, 1.165) is 25.0 Å². The zero-order chi connectivity index (χ0) is 14.4. The first-order valence-electron chi connectivity index (χ1n) is 6.88. The van der Waals surface area contributed by atoms with E-state index in [4.69, 9.17) is 0 Å². The zero-order valence-corrected chi connectivity index (χ0v) is 12.7. The summed E-state index contributed by atoms with van der Waals surface area (Å²) in [4.78, 5) is 17.6. The second-order valence-corrected chi connectivity index (χ2v) is 5.60. The van der Waals surface area contributed by atoms with Crippen molar-refractivity contribution in [2.24, 2.45) is 0 Å². The lowest BCUT2D eigenvalue weighted by Gasteiger charge is -2.15. The lowest BCUT2D eigenvalue weighted by Crippen LogP contribution is -2.33. The average molecular weight is 292 g/mol. The Balaban J connectivity index is 1.76. The molecule has 5 nitrogen and oxygen atoms in total. The van der Waals surface area contributed by atoms with Crippen molar-refractivity contribution < 1.29 is 4.79 Å². The van der Waals surface area contributed by atoms with Gasteiger partial charge in [-0.1, -0.05) is 6.92 Å². The topological polar surface area (TPSA) is 59.8 Å². The molecule has 0 saturated carbocycles. The highest BCUT2D eigenvalue weighted by atomic mass is 32.1. The smallest absolute Gasteiger partial charge is 0.244 e. The zero-order valence-electron chi connectivity index (χ0n) is 11.9. The summed E-state index contributed by atoms with van der Waals surface area (Å²) in [5, 5.41) is 7.13. The minimum atomic E-state index is -0.213. The summed E-state index contributed by atoms with van der Waals surface area (Å²) in [7, 11) is 0. The molecule has 0 fully saturated rings.